The molecule has 0 fully saturated rings. The molecule has 3 aromatic rings. The number of rotatable bonds is 8. The van der Waals surface area contributed by atoms with Crippen LogP contribution in [0.2, 0.25) is 0 Å². The van der Waals surface area contributed by atoms with Crippen molar-refractivity contribution >= 4 is 23.5 Å². The summed E-state index contributed by atoms with van der Waals surface area (Å²) in [6.45, 7) is 0.237. The molecule has 0 unspecified atom stereocenters. The van der Waals surface area contributed by atoms with Crippen LogP contribution in [0.5, 0.6) is 0 Å². The van der Waals surface area contributed by atoms with Crippen LogP contribution in [0.3, 0.4) is 0 Å². The van der Waals surface area contributed by atoms with Gasteiger partial charge in [-0.2, -0.15) is 10.2 Å². The first-order chi connectivity index (χ1) is 13.5. The number of carbonyl (C=O) groups is 3. The van der Waals surface area contributed by atoms with Crippen molar-refractivity contribution in [3.05, 3.63) is 54.0 Å². The van der Waals surface area contributed by atoms with Gasteiger partial charge in [0.05, 0.1) is 37.7 Å². The number of nitrogens with one attached hydrogen (secondary N) is 2. The molecule has 0 saturated heterocycles. The van der Waals surface area contributed by atoms with Crippen LogP contribution in [-0.4, -0.2) is 42.5 Å². The Labute approximate surface area is 158 Å². The number of nitrogens with zero attached hydrogens (tertiary/aromatic N) is 4. The lowest BCUT2D eigenvalue weighted by atomic mass is 10.3. The Morgan fingerprint density at radius 2 is 2.04 bits per heavy atom. The van der Waals surface area contributed by atoms with Crippen molar-refractivity contribution in [1.29, 1.82) is 0 Å². The molecule has 0 atom stereocenters. The second kappa shape index (κ2) is 8.20. The predicted octanol–water partition coefficient (Wildman–Crippen LogP) is 0.867. The largest absolute Gasteiger partial charge is 0.481 e. The van der Waals surface area contributed by atoms with Crippen molar-refractivity contribution < 1.29 is 23.9 Å². The topological polar surface area (TPSA) is 144 Å². The van der Waals surface area contributed by atoms with Gasteiger partial charge in [-0.1, -0.05) is 0 Å². The van der Waals surface area contributed by atoms with E-state index in [-0.39, 0.29) is 36.6 Å². The van der Waals surface area contributed by atoms with Crippen LogP contribution >= 0.6 is 0 Å². The molecule has 28 heavy (non-hydrogen) atoms. The second-order valence-corrected chi connectivity index (χ2v) is 5.83. The van der Waals surface area contributed by atoms with Gasteiger partial charge in [0.15, 0.2) is 0 Å². The average Bonchev–Trinajstić information content (AvgIpc) is 3.39. The number of aromatic nitrogens is 4. The Hall–Kier alpha value is -3.89. The number of furan rings is 1. The van der Waals surface area contributed by atoms with E-state index in [0.29, 0.717) is 5.76 Å². The Bertz CT molecular complexity index is 988. The molecule has 0 radical (unpaired) electrons. The lowest BCUT2D eigenvalue weighted by Gasteiger charge is -2.09. The average molecular weight is 386 g/mol. The van der Waals surface area contributed by atoms with E-state index in [0.717, 1.165) is 0 Å². The Morgan fingerprint density at radius 1 is 1.21 bits per heavy atom. The maximum Gasteiger partial charge on any atom is 0.305 e. The van der Waals surface area contributed by atoms with Crippen LogP contribution in [-0.2, 0) is 24.9 Å². The standard InChI is InChI=1S/C17H18N6O5/c1-22-15(17(27)18-9-11-3-2-8-28-11)12(10-20-22)21-16(26)13-4-6-19-23(13)7-5-14(24)25/h2-4,6,8,10H,5,7,9H2,1H3,(H,18,27)(H,21,26)(H,24,25). The first-order valence-electron chi connectivity index (χ1n) is 8.33. The van der Waals surface area contributed by atoms with E-state index in [9.17, 15) is 14.4 Å². The summed E-state index contributed by atoms with van der Waals surface area (Å²) >= 11 is 0. The molecule has 0 spiro atoms. The molecule has 0 aliphatic rings. The number of carboxylic acids is 1. The van der Waals surface area contributed by atoms with Crippen LogP contribution in [0, 0.1) is 0 Å². The van der Waals surface area contributed by atoms with Crippen molar-refractivity contribution in [3.8, 4) is 0 Å². The highest BCUT2D eigenvalue weighted by Crippen LogP contribution is 2.16. The third kappa shape index (κ3) is 4.26. The van der Waals surface area contributed by atoms with E-state index in [1.807, 2.05) is 0 Å². The fourth-order valence-corrected chi connectivity index (χ4v) is 2.55. The number of anilines is 1. The summed E-state index contributed by atoms with van der Waals surface area (Å²) in [4.78, 5) is 35.8. The molecular formula is C17H18N6O5. The van der Waals surface area contributed by atoms with Crippen LogP contribution in [0.1, 0.15) is 33.2 Å². The van der Waals surface area contributed by atoms with Gasteiger partial charge < -0.3 is 20.2 Å². The van der Waals surface area contributed by atoms with E-state index in [1.165, 1.54) is 34.1 Å². The number of hydrogen-bond acceptors (Lipinski definition) is 6. The van der Waals surface area contributed by atoms with E-state index in [2.05, 4.69) is 20.8 Å². The lowest BCUT2D eigenvalue weighted by Crippen LogP contribution is -2.27. The van der Waals surface area contributed by atoms with Crippen molar-refractivity contribution in [1.82, 2.24) is 24.9 Å². The van der Waals surface area contributed by atoms with Crippen molar-refractivity contribution in [2.75, 3.05) is 5.32 Å². The predicted molar refractivity (Wildman–Crippen MR) is 95.5 cm³/mol. The Morgan fingerprint density at radius 3 is 2.75 bits per heavy atom. The molecule has 146 valence electrons. The zero-order valence-corrected chi connectivity index (χ0v) is 15.0. The summed E-state index contributed by atoms with van der Waals surface area (Å²) in [6.07, 6.45) is 4.09. The highest BCUT2D eigenvalue weighted by molar-refractivity contribution is 6.07. The Kier molecular flexibility index (Phi) is 5.53. The van der Waals surface area contributed by atoms with Gasteiger partial charge in [0, 0.05) is 13.2 Å². The highest BCUT2D eigenvalue weighted by atomic mass is 16.4. The summed E-state index contributed by atoms with van der Waals surface area (Å²) < 4.78 is 7.80. The van der Waals surface area contributed by atoms with Crippen molar-refractivity contribution in [2.45, 2.75) is 19.5 Å². The van der Waals surface area contributed by atoms with Gasteiger partial charge in [-0.3, -0.25) is 23.7 Å². The number of hydrogen-bond donors (Lipinski definition) is 3. The molecule has 0 bridgehead atoms. The van der Waals surface area contributed by atoms with Gasteiger partial charge in [0.25, 0.3) is 11.8 Å². The fraction of sp³-hybridized carbons (Fsp3) is 0.235. The van der Waals surface area contributed by atoms with E-state index in [4.69, 9.17) is 9.52 Å². The van der Waals surface area contributed by atoms with E-state index < -0.39 is 17.8 Å². The summed E-state index contributed by atoms with van der Waals surface area (Å²) in [5.41, 5.74) is 0.555. The van der Waals surface area contributed by atoms with E-state index >= 15 is 0 Å². The van der Waals surface area contributed by atoms with Crippen LogP contribution in [0.4, 0.5) is 5.69 Å². The van der Waals surface area contributed by atoms with Gasteiger partial charge in [-0.05, 0) is 18.2 Å². The zero-order valence-electron chi connectivity index (χ0n) is 15.0. The maximum atomic E-state index is 12.6. The maximum absolute atomic E-state index is 12.6. The molecule has 11 heteroatoms. The molecule has 3 N–H and O–H groups in total. The van der Waals surface area contributed by atoms with Gasteiger partial charge in [-0.25, -0.2) is 0 Å². The lowest BCUT2D eigenvalue weighted by molar-refractivity contribution is -0.137. The molecule has 3 rings (SSSR count). The summed E-state index contributed by atoms with van der Waals surface area (Å²) in [5.74, 6) is -1.38. The normalized spacial score (nSPS) is 10.6. The number of carbonyl (C=O) groups excluding carboxylic acids is 2. The summed E-state index contributed by atoms with van der Waals surface area (Å²) in [5, 5.41) is 22.1. The summed E-state index contributed by atoms with van der Waals surface area (Å²) in [7, 11) is 1.58. The van der Waals surface area contributed by atoms with Crippen LogP contribution < -0.4 is 10.6 Å². The molecule has 0 saturated carbocycles. The van der Waals surface area contributed by atoms with Crippen LogP contribution in [0.25, 0.3) is 0 Å². The minimum absolute atomic E-state index is 0.0502. The van der Waals surface area contributed by atoms with Gasteiger partial charge in [0.2, 0.25) is 0 Å². The zero-order chi connectivity index (χ0) is 20.1. The molecule has 3 aromatic heterocycles. The van der Waals surface area contributed by atoms with Gasteiger partial charge in [0.1, 0.15) is 17.1 Å². The fourth-order valence-electron chi connectivity index (χ4n) is 2.55. The number of amides is 2. The first kappa shape index (κ1) is 18.9. The highest BCUT2D eigenvalue weighted by Gasteiger charge is 2.21. The van der Waals surface area contributed by atoms with Crippen molar-refractivity contribution in [3.63, 3.8) is 0 Å². The molecule has 0 aliphatic heterocycles. The van der Waals surface area contributed by atoms with Crippen LogP contribution in [0.15, 0.2) is 41.3 Å². The number of aliphatic carboxylic acids is 1. The SMILES string of the molecule is Cn1ncc(NC(=O)c2ccnn2CCC(=O)O)c1C(=O)NCc1ccco1. The molecular weight excluding hydrogens is 368 g/mol. The number of aryl methyl sites for hydroxylation is 2. The third-order valence-corrected chi connectivity index (χ3v) is 3.89. The smallest absolute Gasteiger partial charge is 0.305 e. The molecule has 11 nitrogen and oxygen atoms in total. The van der Waals surface area contributed by atoms with E-state index in [1.54, 1.807) is 19.2 Å². The number of carboxylic acid groups (broad SMARTS) is 1. The quantitative estimate of drug-likeness (QED) is 0.521. The third-order valence-electron chi connectivity index (χ3n) is 3.89. The van der Waals surface area contributed by atoms with Gasteiger partial charge in [-0.15, -0.1) is 0 Å². The van der Waals surface area contributed by atoms with Gasteiger partial charge >= 0.3 is 5.97 Å². The first-order valence-corrected chi connectivity index (χ1v) is 8.33. The molecule has 0 aliphatic carbocycles. The monoisotopic (exact) mass is 386 g/mol. The summed E-state index contributed by atoms with van der Waals surface area (Å²) in [6, 6.07) is 4.90. The minimum atomic E-state index is -0.996. The Balaban J connectivity index is 1.71. The minimum Gasteiger partial charge on any atom is -0.481 e. The molecule has 0 aromatic carbocycles. The molecule has 2 amide bonds. The van der Waals surface area contributed by atoms with Crippen molar-refractivity contribution in [2.24, 2.45) is 7.05 Å². The molecule has 3 heterocycles. The second-order valence-electron chi connectivity index (χ2n) is 5.83.